The summed E-state index contributed by atoms with van der Waals surface area (Å²) in [5, 5.41) is 10.6. The lowest BCUT2D eigenvalue weighted by atomic mass is 9.71. The maximum Gasteiger partial charge on any atom is 0.147 e. The van der Waals surface area contributed by atoms with Crippen LogP contribution in [0.25, 0.3) is 11.0 Å². The highest BCUT2D eigenvalue weighted by molar-refractivity contribution is 5.75. The van der Waals surface area contributed by atoms with Gasteiger partial charge in [-0.2, -0.15) is 0 Å². The third-order valence-corrected chi connectivity index (χ3v) is 5.44. The van der Waals surface area contributed by atoms with Crippen LogP contribution in [0, 0.1) is 5.41 Å². The van der Waals surface area contributed by atoms with E-state index in [1.165, 1.54) is 0 Å². The number of aliphatic hydroxyl groups excluding tert-OH is 1. The van der Waals surface area contributed by atoms with Gasteiger partial charge in [-0.15, -0.1) is 0 Å². The fourth-order valence-corrected chi connectivity index (χ4v) is 4.23. The van der Waals surface area contributed by atoms with Gasteiger partial charge < -0.3 is 14.9 Å². The molecule has 0 radical (unpaired) electrons. The van der Waals surface area contributed by atoms with E-state index in [0.717, 1.165) is 62.3 Å². The van der Waals surface area contributed by atoms with Crippen LogP contribution < -0.4 is 4.90 Å². The van der Waals surface area contributed by atoms with Gasteiger partial charge in [0.05, 0.1) is 23.3 Å². The number of piperidine rings is 2. The number of para-hydroxylation sites is 2. The van der Waals surface area contributed by atoms with E-state index < -0.39 is 0 Å². The third kappa shape index (κ3) is 2.68. The first kappa shape index (κ1) is 14.8. The Morgan fingerprint density at radius 3 is 2.87 bits per heavy atom. The number of aliphatic hydroxyl groups is 1. The highest BCUT2D eigenvalue weighted by Crippen LogP contribution is 2.39. The van der Waals surface area contributed by atoms with Gasteiger partial charge >= 0.3 is 0 Å². The molecule has 1 spiro atoms. The van der Waals surface area contributed by atoms with E-state index in [9.17, 15) is 5.11 Å². The monoisotopic (exact) mass is 312 g/mol. The second kappa shape index (κ2) is 5.73. The van der Waals surface area contributed by atoms with Crippen molar-refractivity contribution in [3.8, 4) is 0 Å². The van der Waals surface area contributed by atoms with Crippen LogP contribution in [0.15, 0.2) is 30.5 Å². The summed E-state index contributed by atoms with van der Waals surface area (Å²) in [5.74, 6) is 0.934. The van der Waals surface area contributed by atoms with Gasteiger partial charge in [0.25, 0.3) is 0 Å². The van der Waals surface area contributed by atoms with Gasteiger partial charge in [0.1, 0.15) is 5.82 Å². The van der Waals surface area contributed by atoms with Gasteiger partial charge in [-0.3, -0.25) is 4.98 Å². The Hall–Kier alpha value is -1.72. The van der Waals surface area contributed by atoms with Crippen LogP contribution in [0.2, 0.25) is 0 Å². The van der Waals surface area contributed by atoms with Gasteiger partial charge in [-0.1, -0.05) is 12.1 Å². The molecule has 0 unspecified atom stereocenters. The number of benzene rings is 1. The van der Waals surface area contributed by atoms with Crippen LogP contribution >= 0.6 is 0 Å². The predicted molar refractivity (Wildman–Crippen MR) is 91.5 cm³/mol. The molecule has 2 aliphatic heterocycles. The minimum absolute atomic E-state index is 0.0292. The number of aromatic nitrogens is 2. The number of likely N-dealkylation sites (tertiary alicyclic amines) is 1. The molecular formula is C18H24N4O. The van der Waals surface area contributed by atoms with Crippen molar-refractivity contribution in [2.45, 2.75) is 25.4 Å². The molecule has 0 bridgehead atoms. The van der Waals surface area contributed by atoms with E-state index in [-0.39, 0.29) is 11.5 Å². The summed E-state index contributed by atoms with van der Waals surface area (Å²) in [4.78, 5) is 14.0. The number of nitrogens with zero attached hydrogens (tertiary/aromatic N) is 4. The fourth-order valence-electron chi connectivity index (χ4n) is 4.23. The topological polar surface area (TPSA) is 52.5 Å². The Morgan fingerprint density at radius 1 is 1.17 bits per heavy atom. The van der Waals surface area contributed by atoms with Crippen LogP contribution in [0.1, 0.15) is 19.3 Å². The first-order valence-corrected chi connectivity index (χ1v) is 8.50. The number of rotatable bonds is 1. The van der Waals surface area contributed by atoms with E-state index in [1.807, 2.05) is 30.5 Å². The Morgan fingerprint density at radius 2 is 2.00 bits per heavy atom. The van der Waals surface area contributed by atoms with E-state index in [2.05, 4.69) is 21.8 Å². The SMILES string of the molecule is CN1CC[C@H](O)[C@@]2(CCCN(c3cnc4ccccc4n3)C2)C1. The maximum absolute atomic E-state index is 10.6. The van der Waals surface area contributed by atoms with Crippen molar-refractivity contribution in [1.82, 2.24) is 14.9 Å². The zero-order valence-corrected chi connectivity index (χ0v) is 13.6. The molecule has 0 aliphatic carbocycles. The molecule has 2 aliphatic rings. The lowest BCUT2D eigenvalue weighted by Crippen LogP contribution is -2.58. The van der Waals surface area contributed by atoms with Crippen LogP contribution in [0.3, 0.4) is 0 Å². The summed E-state index contributed by atoms with van der Waals surface area (Å²) in [6.07, 6.45) is 4.72. The van der Waals surface area contributed by atoms with Crippen molar-refractivity contribution in [1.29, 1.82) is 0 Å². The second-order valence-electron chi connectivity index (χ2n) is 7.15. The van der Waals surface area contributed by atoms with Gasteiger partial charge in [-0.05, 0) is 38.4 Å². The normalized spacial score (nSPS) is 29.3. The van der Waals surface area contributed by atoms with Crippen LogP contribution in [0.4, 0.5) is 5.82 Å². The average molecular weight is 312 g/mol. The first-order chi connectivity index (χ1) is 11.2. The number of anilines is 1. The molecule has 2 aromatic rings. The first-order valence-electron chi connectivity index (χ1n) is 8.50. The van der Waals surface area contributed by atoms with Crippen molar-refractivity contribution in [3.63, 3.8) is 0 Å². The molecule has 122 valence electrons. The number of hydrogen-bond donors (Lipinski definition) is 1. The van der Waals surface area contributed by atoms with E-state index in [4.69, 9.17) is 4.98 Å². The maximum atomic E-state index is 10.6. The summed E-state index contributed by atoms with van der Waals surface area (Å²) < 4.78 is 0. The van der Waals surface area contributed by atoms with Gasteiger partial charge in [0.15, 0.2) is 0 Å². The van der Waals surface area contributed by atoms with Crippen molar-refractivity contribution in [2.24, 2.45) is 5.41 Å². The van der Waals surface area contributed by atoms with Gasteiger partial charge in [-0.25, -0.2) is 4.98 Å². The highest BCUT2D eigenvalue weighted by atomic mass is 16.3. The van der Waals surface area contributed by atoms with E-state index in [0.29, 0.717) is 0 Å². The molecule has 1 N–H and O–H groups in total. The molecule has 5 nitrogen and oxygen atoms in total. The van der Waals surface area contributed by atoms with Crippen molar-refractivity contribution in [2.75, 3.05) is 38.1 Å². The Balaban J connectivity index is 1.63. The molecule has 4 rings (SSSR count). The van der Waals surface area contributed by atoms with Crippen LogP contribution in [0.5, 0.6) is 0 Å². The third-order valence-electron chi connectivity index (χ3n) is 5.44. The van der Waals surface area contributed by atoms with Crippen LogP contribution in [-0.4, -0.2) is 59.3 Å². The minimum atomic E-state index is -0.213. The summed E-state index contributed by atoms with van der Waals surface area (Å²) in [7, 11) is 2.16. The zero-order valence-electron chi connectivity index (χ0n) is 13.6. The van der Waals surface area contributed by atoms with Crippen molar-refractivity contribution in [3.05, 3.63) is 30.5 Å². The van der Waals surface area contributed by atoms with E-state index in [1.54, 1.807) is 0 Å². The smallest absolute Gasteiger partial charge is 0.147 e. The summed E-state index contributed by atoms with van der Waals surface area (Å²) in [5.41, 5.74) is 1.84. The summed E-state index contributed by atoms with van der Waals surface area (Å²) in [6.45, 7) is 3.81. The quantitative estimate of drug-likeness (QED) is 0.872. The molecule has 23 heavy (non-hydrogen) atoms. The Bertz CT molecular complexity index is 706. The minimum Gasteiger partial charge on any atom is -0.392 e. The van der Waals surface area contributed by atoms with Gasteiger partial charge in [0, 0.05) is 31.6 Å². The standard InChI is InChI=1S/C18H24N4O/c1-21-10-7-16(23)18(12-21)8-4-9-22(13-18)17-11-19-14-5-2-3-6-15(14)20-17/h2-3,5-6,11,16,23H,4,7-10,12-13H2,1H3/t16-,18-/m0/s1. The number of fused-ring (bicyclic) bond motifs is 1. The second-order valence-corrected chi connectivity index (χ2v) is 7.15. The van der Waals surface area contributed by atoms with E-state index >= 15 is 0 Å². The highest BCUT2D eigenvalue weighted by Gasteiger charge is 2.45. The van der Waals surface area contributed by atoms with Crippen molar-refractivity contribution < 1.29 is 5.11 Å². The molecule has 0 saturated carbocycles. The molecular weight excluding hydrogens is 288 g/mol. The Kier molecular flexibility index (Phi) is 3.70. The molecule has 1 aromatic carbocycles. The molecule has 2 atom stereocenters. The zero-order chi connectivity index (χ0) is 15.9. The van der Waals surface area contributed by atoms with Crippen LogP contribution in [-0.2, 0) is 0 Å². The lowest BCUT2D eigenvalue weighted by Gasteiger charge is -2.50. The molecule has 3 heterocycles. The largest absolute Gasteiger partial charge is 0.392 e. The molecule has 2 fully saturated rings. The molecule has 0 amide bonds. The molecule has 1 aromatic heterocycles. The number of hydrogen-bond acceptors (Lipinski definition) is 5. The lowest BCUT2D eigenvalue weighted by molar-refractivity contribution is -0.0466. The van der Waals surface area contributed by atoms with Crippen molar-refractivity contribution >= 4 is 16.9 Å². The molecule has 2 saturated heterocycles. The average Bonchev–Trinajstić information content (AvgIpc) is 2.58. The van der Waals surface area contributed by atoms with Gasteiger partial charge in [0.2, 0.25) is 0 Å². The molecule has 5 heteroatoms. The fraction of sp³-hybridized carbons (Fsp3) is 0.556. The summed E-state index contributed by atoms with van der Waals surface area (Å²) >= 11 is 0. The summed E-state index contributed by atoms with van der Waals surface area (Å²) in [6, 6.07) is 7.98. The Labute approximate surface area is 137 Å². The predicted octanol–water partition coefficient (Wildman–Crippen LogP) is 1.91.